The summed E-state index contributed by atoms with van der Waals surface area (Å²) in [5.74, 6) is 1.36. The Morgan fingerprint density at radius 2 is 2.24 bits per heavy atom. The van der Waals surface area contributed by atoms with Gasteiger partial charge in [0, 0.05) is 28.9 Å². The Morgan fingerprint density at radius 3 is 2.82 bits per heavy atom. The molecule has 0 saturated heterocycles. The van der Waals surface area contributed by atoms with Crippen molar-refractivity contribution in [2.75, 3.05) is 30.2 Å². The second kappa shape index (κ2) is 6.49. The molecule has 2 unspecified atom stereocenters. The van der Waals surface area contributed by atoms with Gasteiger partial charge in [0.15, 0.2) is 0 Å². The number of ether oxygens (including phenoxy) is 1. The zero-order valence-corrected chi connectivity index (χ0v) is 11.3. The molecule has 96 valence electrons. The molecule has 0 spiro atoms. The predicted molar refractivity (Wildman–Crippen MR) is 74.0 cm³/mol. The molecule has 0 heterocycles. The van der Waals surface area contributed by atoms with Crippen LogP contribution in [0, 0.1) is 0 Å². The molecule has 1 aromatic rings. The lowest BCUT2D eigenvalue weighted by atomic mass is 10.2. The third-order valence-electron chi connectivity index (χ3n) is 2.53. The fraction of sp³-hybridized carbons (Fsp3) is 0.500. The molecule has 1 rings (SSSR count). The lowest BCUT2D eigenvalue weighted by molar-refractivity contribution is 0.417. The van der Waals surface area contributed by atoms with Gasteiger partial charge in [0.05, 0.1) is 18.5 Å². The molecule has 5 heteroatoms. The molecule has 0 saturated carbocycles. The number of nitrogens with two attached hydrogens (primary N) is 1. The van der Waals surface area contributed by atoms with E-state index in [1.54, 1.807) is 13.4 Å². The van der Waals surface area contributed by atoms with Crippen LogP contribution < -0.4 is 15.8 Å². The first kappa shape index (κ1) is 13.8. The summed E-state index contributed by atoms with van der Waals surface area (Å²) in [6, 6.07) is 5.86. The summed E-state index contributed by atoms with van der Waals surface area (Å²) in [5.41, 5.74) is 7.42. The normalized spacial score (nSPS) is 14.1. The van der Waals surface area contributed by atoms with E-state index in [0.717, 1.165) is 12.1 Å². The van der Waals surface area contributed by atoms with Gasteiger partial charge >= 0.3 is 0 Å². The van der Waals surface area contributed by atoms with Crippen molar-refractivity contribution >= 4 is 22.2 Å². The molecule has 2 atom stereocenters. The average molecular weight is 256 g/mol. The molecule has 0 radical (unpaired) electrons. The van der Waals surface area contributed by atoms with Gasteiger partial charge in [-0.3, -0.25) is 4.21 Å². The molecule has 4 nitrogen and oxygen atoms in total. The zero-order valence-electron chi connectivity index (χ0n) is 10.5. The number of benzene rings is 1. The smallest absolute Gasteiger partial charge is 0.143 e. The maximum atomic E-state index is 11.0. The number of nitrogens with one attached hydrogen (secondary N) is 1. The van der Waals surface area contributed by atoms with Crippen molar-refractivity contribution in [3.8, 4) is 5.75 Å². The highest BCUT2D eigenvalue weighted by atomic mass is 32.2. The first-order valence-corrected chi connectivity index (χ1v) is 7.26. The van der Waals surface area contributed by atoms with Gasteiger partial charge in [-0.25, -0.2) is 0 Å². The van der Waals surface area contributed by atoms with Crippen LogP contribution in [0.3, 0.4) is 0 Å². The van der Waals surface area contributed by atoms with E-state index in [4.69, 9.17) is 10.5 Å². The summed E-state index contributed by atoms with van der Waals surface area (Å²) < 4.78 is 16.2. The lowest BCUT2D eigenvalue weighted by Crippen LogP contribution is -2.18. The Kier molecular flexibility index (Phi) is 5.28. The van der Waals surface area contributed by atoms with Gasteiger partial charge < -0.3 is 15.8 Å². The first-order chi connectivity index (χ1) is 8.04. The van der Waals surface area contributed by atoms with Crippen LogP contribution >= 0.6 is 0 Å². The fourth-order valence-electron chi connectivity index (χ4n) is 1.53. The van der Waals surface area contributed by atoms with Crippen LogP contribution in [0.5, 0.6) is 5.75 Å². The standard InChI is InChI=1S/C12H20N2O2S/c1-9(7-8-17(3)15)14-10-5-4-6-11(16-2)12(10)13/h4-6,9,14H,7-8,13H2,1-3H3. The largest absolute Gasteiger partial charge is 0.495 e. The van der Waals surface area contributed by atoms with Crippen molar-refractivity contribution in [3.63, 3.8) is 0 Å². The third-order valence-corrected chi connectivity index (χ3v) is 3.34. The molecule has 0 fully saturated rings. The van der Waals surface area contributed by atoms with Crippen LogP contribution in [0.2, 0.25) is 0 Å². The average Bonchev–Trinajstić information content (AvgIpc) is 2.29. The van der Waals surface area contributed by atoms with E-state index in [0.29, 0.717) is 17.2 Å². The molecular weight excluding hydrogens is 236 g/mol. The molecule has 0 aromatic heterocycles. The molecule has 1 aromatic carbocycles. The highest BCUT2D eigenvalue weighted by molar-refractivity contribution is 7.84. The van der Waals surface area contributed by atoms with Crippen LogP contribution in [0.25, 0.3) is 0 Å². The van der Waals surface area contributed by atoms with Crippen molar-refractivity contribution in [2.45, 2.75) is 19.4 Å². The predicted octanol–water partition coefficient (Wildman–Crippen LogP) is 1.85. The van der Waals surface area contributed by atoms with Crippen molar-refractivity contribution < 1.29 is 8.95 Å². The second-order valence-corrected chi connectivity index (χ2v) is 5.59. The van der Waals surface area contributed by atoms with Crippen molar-refractivity contribution in [3.05, 3.63) is 18.2 Å². The lowest BCUT2D eigenvalue weighted by Gasteiger charge is -2.17. The topological polar surface area (TPSA) is 64.3 Å². The SMILES string of the molecule is COc1cccc(NC(C)CCS(C)=O)c1N. The quantitative estimate of drug-likeness (QED) is 0.762. The van der Waals surface area contributed by atoms with Gasteiger partial charge in [-0.1, -0.05) is 6.07 Å². The summed E-state index contributed by atoms with van der Waals surface area (Å²) in [7, 11) is 0.845. The monoisotopic (exact) mass is 256 g/mol. The Balaban J connectivity index is 2.64. The van der Waals surface area contributed by atoms with Crippen molar-refractivity contribution in [1.82, 2.24) is 0 Å². The molecule has 17 heavy (non-hydrogen) atoms. The molecule has 0 aliphatic carbocycles. The van der Waals surface area contributed by atoms with E-state index in [1.165, 1.54) is 0 Å². The van der Waals surface area contributed by atoms with E-state index in [1.807, 2.05) is 25.1 Å². The Morgan fingerprint density at radius 1 is 1.53 bits per heavy atom. The first-order valence-electron chi connectivity index (χ1n) is 5.53. The van der Waals surface area contributed by atoms with Crippen LogP contribution in [0.1, 0.15) is 13.3 Å². The molecule has 0 aliphatic heterocycles. The summed E-state index contributed by atoms with van der Waals surface area (Å²) >= 11 is 0. The van der Waals surface area contributed by atoms with Crippen molar-refractivity contribution in [2.24, 2.45) is 0 Å². The summed E-state index contributed by atoms with van der Waals surface area (Å²) in [5, 5.41) is 3.30. The van der Waals surface area contributed by atoms with Crippen LogP contribution in [0.4, 0.5) is 11.4 Å². The number of hydrogen-bond acceptors (Lipinski definition) is 4. The van der Waals surface area contributed by atoms with E-state index < -0.39 is 10.8 Å². The number of nitrogen functional groups attached to an aromatic ring is 1. The Bertz CT molecular complexity index is 396. The Hall–Kier alpha value is -1.23. The molecular formula is C12H20N2O2S. The van der Waals surface area contributed by atoms with Crippen molar-refractivity contribution in [1.29, 1.82) is 0 Å². The minimum Gasteiger partial charge on any atom is -0.495 e. The Labute approximate surface area is 105 Å². The number of anilines is 2. The second-order valence-electron chi connectivity index (χ2n) is 4.03. The van der Waals surface area contributed by atoms with E-state index in [9.17, 15) is 4.21 Å². The van der Waals surface area contributed by atoms with Gasteiger partial charge in [-0.2, -0.15) is 0 Å². The number of rotatable bonds is 6. The van der Waals surface area contributed by atoms with E-state index >= 15 is 0 Å². The summed E-state index contributed by atoms with van der Waals surface area (Å²) in [4.78, 5) is 0. The van der Waals surface area contributed by atoms with E-state index in [2.05, 4.69) is 5.32 Å². The molecule has 0 bridgehead atoms. The van der Waals surface area contributed by atoms with Gasteiger partial charge in [0.25, 0.3) is 0 Å². The van der Waals surface area contributed by atoms with Gasteiger partial charge in [-0.15, -0.1) is 0 Å². The van der Waals surface area contributed by atoms with Gasteiger partial charge in [0.2, 0.25) is 0 Å². The minimum atomic E-state index is -0.751. The maximum absolute atomic E-state index is 11.0. The van der Waals surface area contributed by atoms with E-state index in [-0.39, 0.29) is 6.04 Å². The minimum absolute atomic E-state index is 0.230. The maximum Gasteiger partial charge on any atom is 0.143 e. The van der Waals surface area contributed by atoms with Crippen LogP contribution in [-0.4, -0.2) is 29.4 Å². The molecule has 0 aliphatic rings. The van der Waals surface area contributed by atoms with Crippen LogP contribution in [-0.2, 0) is 10.8 Å². The highest BCUT2D eigenvalue weighted by Gasteiger charge is 2.08. The summed E-state index contributed by atoms with van der Waals surface area (Å²) in [6.45, 7) is 2.05. The number of methoxy groups -OCH3 is 1. The van der Waals surface area contributed by atoms with Crippen LogP contribution in [0.15, 0.2) is 18.2 Å². The van der Waals surface area contributed by atoms with Gasteiger partial charge in [0.1, 0.15) is 5.75 Å². The highest BCUT2D eigenvalue weighted by Crippen LogP contribution is 2.29. The third kappa shape index (κ3) is 4.26. The molecule has 3 N–H and O–H groups in total. The number of hydrogen-bond donors (Lipinski definition) is 2. The van der Waals surface area contributed by atoms with Gasteiger partial charge in [-0.05, 0) is 25.5 Å². The fourth-order valence-corrected chi connectivity index (χ4v) is 2.21. The number of para-hydroxylation sites is 1. The molecule has 0 amide bonds. The summed E-state index contributed by atoms with van der Waals surface area (Å²) in [6.07, 6.45) is 2.56. The zero-order chi connectivity index (χ0) is 12.8.